The third-order valence-electron chi connectivity index (χ3n) is 2.04. The number of ether oxygens (including phenoxy) is 1. The van der Waals surface area contributed by atoms with E-state index in [0.29, 0.717) is 18.2 Å². The van der Waals surface area contributed by atoms with E-state index in [1.165, 1.54) is 18.3 Å². The van der Waals surface area contributed by atoms with Crippen LogP contribution in [0.4, 0.5) is 4.39 Å². The Balaban J connectivity index is 2.15. The minimum absolute atomic E-state index is 0.346. The largest absolute Gasteiger partial charge is 0.437 e. The van der Waals surface area contributed by atoms with E-state index < -0.39 is 0 Å². The van der Waals surface area contributed by atoms with Crippen LogP contribution in [0, 0.1) is 5.82 Å². The van der Waals surface area contributed by atoms with Gasteiger partial charge in [0.25, 0.3) is 0 Å². The summed E-state index contributed by atoms with van der Waals surface area (Å²) in [7, 11) is 1.82. The van der Waals surface area contributed by atoms with Crippen LogP contribution >= 0.6 is 0 Å². The number of halogens is 1. The number of aromatic nitrogens is 2. The molecule has 2 rings (SSSR count). The predicted molar refractivity (Wildman–Crippen MR) is 61.3 cm³/mol. The van der Waals surface area contributed by atoms with Crippen LogP contribution in [-0.2, 0) is 6.54 Å². The smallest absolute Gasteiger partial charge is 0.238 e. The Labute approximate surface area is 98.5 Å². The Morgan fingerprint density at radius 1 is 1.35 bits per heavy atom. The zero-order valence-electron chi connectivity index (χ0n) is 9.35. The number of hydrogen-bond donors (Lipinski definition) is 1. The molecule has 0 saturated carbocycles. The van der Waals surface area contributed by atoms with E-state index >= 15 is 0 Å². The molecule has 0 atom stereocenters. The van der Waals surface area contributed by atoms with Crippen LogP contribution in [0.3, 0.4) is 0 Å². The van der Waals surface area contributed by atoms with Crippen molar-refractivity contribution in [1.82, 2.24) is 15.3 Å². The summed E-state index contributed by atoms with van der Waals surface area (Å²) in [4.78, 5) is 8.22. The Morgan fingerprint density at radius 3 is 3.00 bits per heavy atom. The van der Waals surface area contributed by atoms with Gasteiger partial charge in [-0.1, -0.05) is 6.07 Å². The lowest BCUT2D eigenvalue weighted by atomic mass is 10.3. The summed E-state index contributed by atoms with van der Waals surface area (Å²) in [6, 6.07) is 5.90. The fourth-order valence-corrected chi connectivity index (χ4v) is 1.35. The minimum atomic E-state index is -0.346. The van der Waals surface area contributed by atoms with Crippen LogP contribution in [0.15, 0.2) is 36.7 Å². The first-order chi connectivity index (χ1) is 8.28. The lowest BCUT2D eigenvalue weighted by Crippen LogP contribution is -2.07. The molecule has 0 radical (unpaired) electrons. The lowest BCUT2D eigenvalue weighted by molar-refractivity contribution is 0.452. The Morgan fingerprint density at radius 2 is 2.24 bits per heavy atom. The topological polar surface area (TPSA) is 47.0 Å². The summed E-state index contributed by atoms with van der Waals surface area (Å²) in [5.41, 5.74) is 0.765. The molecule has 1 aromatic heterocycles. The molecule has 1 heterocycles. The normalized spacial score (nSPS) is 10.2. The van der Waals surface area contributed by atoms with Crippen molar-refractivity contribution in [2.24, 2.45) is 0 Å². The van der Waals surface area contributed by atoms with Gasteiger partial charge in [-0.15, -0.1) is 0 Å². The molecule has 0 spiro atoms. The third kappa shape index (κ3) is 3.22. The van der Waals surface area contributed by atoms with Gasteiger partial charge in [0.2, 0.25) is 5.88 Å². The molecule has 5 heteroatoms. The van der Waals surface area contributed by atoms with Gasteiger partial charge in [-0.2, -0.15) is 0 Å². The maximum atomic E-state index is 12.9. The number of hydrogen-bond acceptors (Lipinski definition) is 4. The molecule has 0 aliphatic carbocycles. The number of nitrogens with one attached hydrogen (secondary N) is 1. The fraction of sp³-hybridized carbons (Fsp3) is 0.167. The second kappa shape index (κ2) is 5.36. The van der Waals surface area contributed by atoms with E-state index in [1.54, 1.807) is 18.3 Å². The van der Waals surface area contributed by atoms with E-state index in [-0.39, 0.29) is 5.82 Å². The second-order valence-corrected chi connectivity index (χ2v) is 3.44. The fourth-order valence-electron chi connectivity index (χ4n) is 1.35. The molecule has 0 bridgehead atoms. The highest BCUT2D eigenvalue weighted by atomic mass is 19.1. The Bertz CT molecular complexity index is 505. The van der Waals surface area contributed by atoms with Crippen LogP contribution in [0.1, 0.15) is 5.69 Å². The molecule has 0 fully saturated rings. The average Bonchev–Trinajstić information content (AvgIpc) is 2.30. The highest BCUT2D eigenvalue weighted by Gasteiger charge is 2.02. The number of nitrogens with zero attached hydrogens (tertiary/aromatic N) is 2. The van der Waals surface area contributed by atoms with Crippen molar-refractivity contribution in [3.05, 3.63) is 48.2 Å². The molecule has 88 valence electrons. The van der Waals surface area contributed by atoms with E-state index in [9.17, 15) is 4.39 Å². The Kier molecular flexibility index (Phi) is 3.62. The molecule has 4 nitrogen and oxygen atoms in total. The quantitative estimate of drug-likeness (QED) is 0.878. The first-order valence-electron chi connectivity index (χ1n) is 5.17. The summed E-state index contributed by atoms with van der Waals surface area (Å²) in [5, 5.41) is 2.97. The summed E-state index contributed by atoms with van der Waals surface area (Å²) >= 11 is 0. The summed E-state index contributed by atoms with van der Waals surface area (Å²) in [6.07, 6.45) is 3.14. The van der Waals surface area contributed by atoms with E-state index in [4.69, 9.17) is 4.74 Å². The van der Waals surface area contributed by atoms with Crippen LogP contribution in [0.5, 0.6) is 11.6 Å². The molecule has 0 amide bonds. The molecule has 1 aromatic carbocycles. The van der Waals surface area contributed by atoms with Crippen molar-refractivity contribution in [3.8, 4) is 11.6 Å². The van der Waals surface area contributed by atoms with Gasteiger partial charge < -0.3 is 10.1 Å². The zero-order chi connectivity index (χ0) is 12.1. The molecule has 0 aliphatic heterocycles. The van der Waals surface area contributed by atoms with Crippen LogP contribution in [-0.4, -0.2) is 17.0 Å². The van der Waals surface area contributed by atoms with Crippen molar-refractivity contribution in [3.63, 3.8) is 0 Å². The number of benzene rings is 1. The van der Waals surface area contributed by atoms with Gasteiger partial charge in [0.05, 0.1) is 11.9 Å². The van der Waals surface area contributed by atoms with Gasteiger partial charge >= 0.3 is 0 Å². The third-order valence-corrected chi connectivity index (χ3v) is 2.04. The maximum absolute atomic E-state index is 12.9. The van der Waals surface area contributed by atoms with Crippen LogP contribution in [0.25, 0.3) is 0 Å². The zero-order valence-corrected chi connectivity index (χ0v) is 9.35. The van der Waals surface area contributed by atoms with Gasteiger partial charge in [-0.25, -0.2) is 9.37 Å². The van der Waals surface area contributed by atoms with Gasteiger partial charge in [0.15, 0.2) is 0 Å². The van der Waals surface area contributed by atoms with Gasteiger partial charge in [-0.05, 0) is 19.2 Å². The lowest BCUT2D eigenvalue weighted by Gasteiger charge is -2.05. The second-order valence-electron chi connectivity index (χ2n) is 3.44. The summed E-state index contributed by atoms with van der Waals surface area (Å²) in [6.45, 7) is 0.605. The van der Waals surface area contributed by atoms with Crippen molar-refractivity contribution in [2.75, 3.05) is 7.05 Å². The summed E-state index contributed by atoms with van der Waals surface area (Å²) < 4.78 is 18.3. The average molecular weight is 233 g/mol. The highest BCUT2D eigenvalue weighted by Crippen LogP contribution is 2.19. The predicted octanol–water partition coefficient (Wildman–Crippen LogP) is 2.13. The van der Waals surface area contributed by atoms with E-state index in [0.717, 1.165) is 5.69 Å². The molecule has 0 aliphatic rings. The molecule has 17 heavy (non-hydrogen) atoms. The minimum Gasteiger partial charge on any atom is -0.437 e. The van der Waals surface area contributed by atoms with Gasteiger partial charge in [-0.3, -0.25) is 4.98 Å². The maximum Gasteiger partial charge on any atom is 0.238 e. The van der Waals surface area contributed by atoms with E-state index in [2.05, 4.69) is 15.3 Å². The van der Waals surface area contributed by atoms with E-state index in [1.807, 2.05) is 7.05 Å². The van der Waals surface area contributed by atoms with Crippen LogP contribution in [0.2, 0.25) is 0 Å². The molecular formula is C12H12FN3O. The standard InChI is InChI=1S/C12H12FN3O/c1-14-6-10-7-15-8-12(16-10)17-11-4-2-3-9(13)5-11/h2-5,7-8,14H,6H2,1H3. The SMILES string of the molecule is CNCc1cncc(Oc2cccc(F)c2)n1. The van der Waals surface area contributed by atoms with Crippen molar-refractivity contribution < 1.29 is 9.13 Å². The molecule has 0 saturated heterocycles. The first kappa shape index (κ1) is 11.5. The molecular weight excluding hydrogens is 221 g/mol. The molecule has 0 unspecified atom stereocenters. The van der Waals surface area contributed by atoms with Crippen molar-refractivity contribution >= 4 is 0 Å². The summed E-state index contributed by atoms with van der Waals surface area (Å²) in [5.74, 6) is 0.408. The van der Waals surface area contributed by atoms with Gasteiger partial charge in [0.1, 0.15) is 11.6 Å². The molecule has 2 aromatic rings. The van der Waals surface area contributed by atoms with Crippen LogP contribution < -0.4 is 10.1 Å². The van der Waals surface area contributed by atoms with Gasteiger partial charge in [0, 0.05) is 18.8 Å². The molecule has 1 N–H and O–H groups in total. The number of rotatable bonds is 4. The first-order valence-corrected chi connectivity index (χ1v) is 5.17. The Hall–Kier alpha value is -2.01. The van der Waals surface area contributed by atoms with Crippen molar-refractivity contribution in [1.29, 1.82) is 0 Å². The monoisotopic (exact) mass is 233 g/mol. The highest BCUT2D eigenvalue weighted by molar-refractivity contribution is 5.26. The van der Waals surface area contributed by atoms with Crippen molar-refractivity contribution in [2.45, 2.75) is 6.54 Å².